The van der Waals surface area contributed by atoms with Gasteiger partial charge in [-0.2, -0.15) is 0 Å². The molecule has 0 radical (unpaired) electrons. The van der Waals surface area contributed by atoms with Gasteiger partial charge in [0.2, 0.25) is 0 Å². The second kappa shape index (κ2) is 5.87. The van der Waals surface area contributed by atoms with Crippen LogP contribution in [0.1, 0.15) is 13.3 Å². The number of rotatable bonds is 4. The lowest BCUT2D eigenvalue weighted by Crippen LogP contribution is -2.10. The molecule has 1 aromatic heterocycles. The predicted octanol–water partition coefficient (Wildman–Crippen LogP) is 3.83. The van der Waals surface area contributed by atoms with Gasteiger partial charge in [0.1, 0.15) is 5.82 Å². The quantitative estimate of drug-likeness (QED) is 0.896. The number of pyridine rings is 1. The minimum Gasteiger partial charge on any atom is -0.393 e. The first-order valence-corrected chi connectivity index (χ1v) is 6.91. The summed E-state index contributed by atoms with van der Waals surface area (Å²) in [6.07, 6.45) is 0.377. The summed E-state index contributed by atoms with van der Waals surface area (Å²) in [4.78, 5) is 4.48. The summed E-state index contributed by atoms with van der Waals surface area (Å²) in [6.45, 7) is 2.45. The topological polar surface area (TPSA) is 45.1 Å². The van der Waals surface area contributed by atoms with E-state index in [0.717, 1.165) is 21.2 Å². The summed E-state index contributed by atoms with van der Waals surface area (Å²) in [6, 6.07) is 7.61. The highest BCUT2D eigenvalue weighted by Gasteiger charge is 2.05. The van der Waals surface area contributed by atoms with Crippen molar-refractivity contribution in [3.63, 3.8) is 0 Å². The Hall–Kier alpha value is -0.840. The predicted molar refractivity (Wildman–Crippen MR) is 79.2 cm³/mol. The van der Waals surface area contributed by atoms with Crippen LogP contribution in [0.5, 0.6) is 0 Å². The maximum absolute atomic E-state index is 9.19. The molecule has 0 aliphatic carbocycles. The fourth-order valence-electron chi connectivity index (χ4n) is 1.66. The van der Waals surface area contributed by atoms with Gasteiger partial charge < -0.3 is 10.4 Å². The molecule has 3 nitrogen and oxygen atoms in total. The van der Waals surface area contributed by atoms with Crippen molar-refractivity contribution in [2.75, 3.05) is 11.9 Å². The molecule has 0 saturated heterocycles. The molecular weight excluding hydrogens is 316 g/mol. The van der Waals surface area contributed by atoms with E-state index >= 15 is 0 Å². The van der Waals surface area contributed by atoms with E-state index in [1.165, 1.54) is 0 Å². The molecular formula is C13H14BrClN2O. The zero-order valence-corrected chi connectivity index (χ0v) is 12.3. The van der Waals surface area contributed by atoms with Crippen molar-refractivity contribution < 1.29 is 5.11 Å². The first-order chi connectivity index (χ1) is 8.58. The summed E-state index contributed by atoms with van der Waals surface area (Å²) in [5.41, 5.74) is 0.771. The molecule has 2 rings (SSSR count). The lowest BCUT2D eigenvalue weighted by molar-refractivity contribution is 0.188. The van der Waals surface area contributed by atoms with Gasteiger partial charge in [-0.15, -0.1) is 0 Å². The molecule has 0 aliphatic heterocycles. The number of aromatic nitrogens is 1. The van der Waals surface area contributed by atoms with Crippen LogP contribution >= 0.6 is 27.5 Å². The molecule has 2 N–H and O–H groups in total. The Morgan fingerprint density at radius 2 is 2.17 bits per heavy atom. The number of nitrogens with one attached hydrogen (secondary N) is 1. The normalized spacial score (nSPS) is 12.7. The van der Waals surface area contributed by atoms with E-state index in [1.807, 2.05) is 24.3 Å². The van der Waals surface area contributed by atoms with Crippen molar-refractivity contribution in [3.8, 4) is 0 Å². The van der Waals surface area contributed by atoms with E-state index < -0.39 is 0 Å². The van der Waals surface area contributed by atoms with Gasteiger partial charge in [0.15, 0.2) is 0 Å². The van der Waals surface area contributed by atoms with E-state index in [9.17, 15) is 5.11 Å². The second-order valence-corrected chi connectivity index (χ2v) is 5.45. The number of fused-ring (bicyclic) bond motifs is 1. The third kappa shape index (κ3) is 3.13. The number of halogens is 2. The smallest absolute Gasteiger partial charge is 0.126 e. The van der Waals surface area contributed by atoms with Crippen molar-refractivity contribution in [3.05, 3.63) is 33.8 Å². The van der Waals surface area contributed by atoms with E-state index in [1.54, 1.807) is 6.92 Å². The highest BCUT2D eigenvalue weighted by atomic mass is 79.9. The van der Waals surface area contributed by atoms with Crippen molar-refractivity contribution in [1.29, 1.82) is 0 Å². The minimum absolute atomic E-state index is 0.310. The maximum Gasteiger partial charge on any atom is 0.126 e. The number of hydrogen-bond donors (Lipinski definition) is 2. The number of benzene rings is 1. The largest absolute Gasteiger partial charge is 0.393 e. The summed E-state index contributed by atoms with van der Waals surface area (Å²) in [7, 11) is 0. The molecule has 96 valence electrons. The number of aliphatic hydroxyl groups excluding tert-OH is 1. The summed E-state index contributed by atoms with van der Waals surface area (Å²) in [5.74, 6) is 0.767. The van der Waals surface area contributed by atoms with Crippen LogP contribution in [0.15, 0.2) is 28.7 Å². The Kier molecular flexibility index (Phi) is 4.43. The van der Waals surface area contributed by atoms with Gasteiger partial charge in [-0.1, -0.05) is 27.5 Å². The zero-order chi connectivity index (χ0) is 13.1. The number of anilines is 1. The molecule has 5 heteroatoms. The zero-order valence-electron chi connectivity index (χ0n) is 9.95. The van der Waals surface area contributed by atoms with E-state index in [4.69, 9.17) is 11.6 Å². The van der Waals surface area contributed by atoms with Crippen molar-refractivity contribution in [2.45, 2.75) is 19.4 Å². The van der Waals surface area contributed by atoms with Gasteiger partial charge in [0.25, 0.3) is 0 Å². The van der Waals surface area contributed by atoms with E-state index in [-0.39, 0.29) is 6.10 Å². The number of hydrogen-bond acceptors (Lipinski definition) is 3. The van der Waals surface area contributed by atoms with Crippen LogP contribution in [0.4, 0.5) is 5.82 Å². The van der Waals surface area contributed by atoms with Gasteiger partial charge in [-0.3, -0.25) is 0 Å². The standard InChI is InChI=1S/C13H14BrClN2O/c1-8(18)6-7-16-12-5-2-9-10(14)3-4-11(15)13(9)17-12/h2-5,8,18H,6-7H2,1H3,(H,16,17)/t8-/m1/s1. The van der Waals surface area contributed by atoms with Crippen LogP contribution in [-0.4, -0.2) is 22.7 Å². The van der Waals surface area contributed by atoms with Gasteiger partial charge in [-0.05, 0) is 37.6 Å². The SMILES string of the molecule is C[C@@H](O)CCNc1ccc2c(Br)ccc(Cl)c2n1. The minimum atomic E-state index is -0.310. The molecule has 1 aromatic carbocycles. The molecule has 0 unspecified atom stereocenters. The molecule has 2 aromatic rings. The molecule has 0 saturated carbocycles. The highest BCUT2D eigenvalue weighted by molar-refractivity contribution is 9.10. The molecule has 0 spiro atoms. The Morgan fingerprint density at radius 3 is 2.89 bits per heavy atom. The average molecular weight is 330 g/mol. The Bertz CT molecular complexity index is 560. The number of nitrogens with zero attached hydrogens (tertiary/aromatic N) is 1. The van der Waals surface area contributed by atoms with Crippen LogP contribution < -0.4 is 5.32 Å². The maximum atomic E-state index is 9.19. The van der Waals surface area contributed by atoms with Crippen molar-refractivity contribution in [2.24, 2.45) is 0 Å². The van der Waals surface area contributed by atoms with Gasteiger partial charge in [0.05, 0.1) is 16.6 Å². The molecule has 1 heterocycles. The lowest BCUT2D eigenvalue weighted by atomic mass is 10.2. The van der Waals surface area contributed by atoms with Crippen LogP contribution in [0.2, 0.25) is 5.02 Å². The summed E-state index contributed by atoms with van der Waals surface area (Å²) < 4.78 is 0.977. The fraction of sp³-hybridized carbons (Fsp3) is 0.308. The first-order valence-electron chi connectivity index (χ1n) is 5.74. The molecule has 0 aliphatic rings. The molecule has 0 amide bonds. The first kappa shape index (κ1) is 13.6. The Morgan fingerprint density at radius 1 is 1.39 bits per heavy atom. The van der Waals surface area contributed by atoms with Crippen LogP contribution in [-0.2, 0) is 0 Å². The molecule has 0 bridgehead atoms. The fourth-order valence-corrected chi connectivity index (χ4v) is 2.32. The van der Waals surface area contributed by atoms with Gasteiger partial charge in [-0.25, -0.2) is 4.98 Å². The summed E-state index contributed by atoms with van der Waals surface area (Å²) in [5, 5.41) is 14.0. The summed E-state index contributed by atoms with van der Waals surface area (Å²) >= 11 is 9.61. The van der Waals surface area contributed by atoms with Gasteiger partial charge in [0, 0.05) is 16.4 Å². The van der Waals surface area contributed by atoms with Gasteiger partial charge >= 0.3 is 0 Å². The monoisotopic (exact) mass is 328 g/mol. The highest BCUT2D eigenvalue weighted by Crippen LogP contribution is 2.29. The lowest BCUT2D eigenvalue weighted by Gasteiger charge is -2.09. The van der Waals surface area contributed by atoms with Crippen LogP contribution in [0.3, 0.4) is 0 Å². The van der Waals surface area contributed by atoms with E-state index in [2.05, 4.69) is 26.2 Å². The van der Waals surface area contributed by atoms with Crippen LogP contribution in [0, 0.1) is 0 Å². The molecule has 1 atom stereocenters. The van der Waals surface area contributed by atoms with Crippen molar-refractivity contribution >= 4 is 44.3 Å². The third-order valence-electron chi connectivity index (χ3n) is 2.62. The second-order valence-electron chi connectivity index (χ2n) is 4.19. The average Bonchev–Trinajstić information content (AvgIpc) is 2.34. The molecule has 0 fully saturated rings. The third-order valence-corrected chi connectivity index (χ3v) is 3.62. The van der Waals surface area contributed by atoms with Crippen LogP contribution in [0.25, 0.3) is 10.9 Å². The Balaban J connectivity index is 2.24. The van der Waals surface area contributed by atoms with Crippen molar-refractivity contribution in [1.82, 2.24) is 4.98 Å². The molecule has 18 heavy (non-hydrogen) atoms. The van der Waals surface area contributed by atoms with E-state index in [0.29, 0.717) is 18.0 Å². The number of aliphatic hydroxyl groups is 1. The Labute approximate surface area is 119 Å².